The zero-order chi connectivity index (χ0) is 19.5. The van der Waals surface area contributed by atoms with Crippen LogP contribution in [-0.2, 0) is 31.4 Å². The van der Waals surface area contributed by atoms with Gasteiger partial charge in [-0.3, -0.25) is 9.59 Å². The third-order valence-electron chi connectivity index (χ3n) is 4.86. The van der Waals surface area contributed by atoms with Crippen LogP contribution < -0.4 is 5.56 Å². The average Bonchev–Trinajstić information content (AvgIpc) is 3.12. The summed E-state index contributed by atoms with van der Waals surface area (Å²) in [5.74, 6) is 0.394. The Bertz CT molecular complexity index is 1040. The Morgan fingerprint density at radius 1 is 1.21 bits per heavy atom. The number of carbonyl (C=O) groups excluding carboxylic acids is 1. The molecule has 0 spiro atoms. The van der Waals surface area contributed by atoms with E-state index >= 15 is 0 Å². The fourth-order valence-corrected chi connectivity index (χ4v) is 4.10. The number of hydrogen-bond acceptors (Lipinski definition) is 5. The Balaban J connectivity index is 1.46. The molecule has 28 heavy (non-hydrogen) atoms. The van der Waals surface area contributed by atoms with E-state index in [0.717, 1.165) is 21.8 Å². The Kier molecular flexibility index (Phi) is 5.29. The van der Waals surface area contributed by atoms with Gasteiger partial charge in [-0.1, -0.05) is 42.1 Å². The van der Waals surface area contributed by atoms with Crippen LogP contribution in [0.25, 0.3) is 0 Å². The summed E-state index contributed by atoms with van der Waals surface area (Å²) < 4.78 is 3.52. The molecule has 1 amide bonds. The van der Waals surface area contributed by atoms with Crippen molar-refractivity contribution >= 4 is 17.7 Å². The second-order valence-corrected chi connectivity index (χ2v) is 7.80. The van der Waals surface area contributed by atoms with Crippen LogP contribution in [0.2, 0.25) is 0 Å². The lowest BCUT2D eigenvalue weighted by Crippen LogP contribution is -2.38. The maximum atomic E-state index is 12.6. The van der Waals surface area contributed by atoms with E-state index in [4.69, 9.17) is 0 Å². The quantitative estimate of drug-likeness (QED) is 0.615. The second kappa shape index (κ2) is 8.02. The fourth-order valence-electron chi connectivity index (χ4n) is 3.31. The molecule has 2 aromatic heterocycles. The Morgan fingerprint density at radius 3 is 2.79 bits per heavy atom. The number of fused-ring (bicyclic) bond motifs is 1. The highest BCUT2D eigenvalue weighted by molar-refractivity contribution is 7.99. The van der Waals surface area contributed by atoms with Gasteiger partial charge in [0.1, 0.15) is 6.33 Å². The molecule has 8 heteroatoms. The topological polar surface area (TPSA) is 73.0 Å². The number of carbonyl (C=O) groups is 1. The number of aromatic nitrogens is 4. The molecule has 0 atom stereocenters. The lowest BCUT2D eigenvalue weighted by Gasteiger charge is -2.29. The van der Waals surface area contributed by atoms with E-state index in [1.54, 1.807) is 21.5 Å². The Morgan fingerprint density at radius 2 is 2.04 bits per heavy atom. The number of thioether (sulfide) groups is 1. The lowest BCUT2D eigenvalue weighted by molar-refractivity contribution is -0.129. The highest BCUT2D eigenvalue weighted by Crippen LogP contribution is 2.20. The maximum absolute atomic E-state index is 12.6. The normalized spacial score (nSPS) is 13.4. The average molecular weight is 395 g/mol. The highest BCUT2D eigenvalue weighted by atomic mass is 32.2. The van der Waals surface area contributed by atoms with Gasteiger partial charge in [0.05, 0.1) is 12.3 Å². The van der Waals surface area contributed by atoms with Gasteiger partial charge in [-0.05, 0) is 23.1 Å². The number of hydrogen-bond donors (Lipinski definition) is 0. The third-order valence-corrected chi connectivity index (χ3v) is 5.88. The van der Waals surface area contributed by atoms with Gasteiger partial charge >= 0.3 is 0 Å². The number of aryl methyl sites for hydroxylation is 1. The van der Waals surface area contributed by atoms with Crippen LogP contribution in [0.1, 0.15) is 16.7 Å². The molecular formula is C20H21N5O2S. The largest absolute Gasteiger partial charge is 0.337 e. The van der Waals surface area contributed by atoms with Crippen molar-refractivity contribution in [2.75, 3.05) is 12.3 Å². The molecule has 0 radical (unpaired) electrons. The number of benzene rings is 1. The van der Waals surface area contributed by atoms with E-state index in [9.17, 15) is 9.59 Å². The second-order valence-electron chi connectivity index (χ2n) is 6.85. The first kappa shape index (κ1) is 18.5. The summed E-state index contributed by atoms with van der Waals surface area (Å²) in [4.78, 5) is 26.9. The summed E-state index contributed by atoms with van der Waals surface area (Å²) in [5, 5.41) is 8.55. The standard InChI is InChI=1S/C20H21N5O2S/c1-23-14-21-22-20(23)28-13-19(27)24-8-7-16-9-18(26)25(12-17(16)11-24)10-15-5-3-2-4-6-15/h2-6,9,12,14H,7-8,10-11,13H2,1H3. The molecule has 0 bridgehead atoms. The van der Waals surface area contributed by atoms with Crippen LogP contribution >= 0.6 is 11.8 Å². The monoisotopic (exact) mass is 395 g/mol. The number of pyridine rings is 1. The van der Waals surface area contributed by atoms with Crippen LogP contribution in [-0.4, -0.2) is 42.4 Å². The molecule has 0 N–H and O–H groups in total. The van der Waals surface area contributed by atoms with Crippen LogP contribution in [0.5, 0.6) is 0 Å². The molecule has 3 aromatic rings. The SMILES string of the molecule is Cn1cnnc1SCC(=O)N1CCc2cc(=O)n(Cc3ccccc3)cc2C1. The van der Waals surface area contributed by atoms with Crippen LogP contribution in [0.15, 0.2) is 58.9 Å². The van der Waals surface area contributed by atoms with E-state index in [0.29, 0.717) is 31.8 Å². The van der Waals surface area contributed by atoms with Crippen molar-refractivity contribution in [1.29, 1.82) is 0 Å². The molecule has 0 unspecified atom stereocenters. The summed E-state index contributed by atoms with van der Waals surface area (Å²) in [6.45, 7) is 1.69. The van der Waals surface area contributed by atoms with Gasteiger partial charge in [-0.15, -0.1) is 10.2 Å². The summed E-state index contributed by atoms with van der Waals surface area (Å²) in [6, 6.07) is 11.6. The summed E-state index contributed by atoms with van der Waals surface area (Å²) >= 11 is 1.39. The van der Waals surface area contributed by atoms with Gasteiger partial charge < -0.3 is 14.0 Å². The minimum atomic E-state index is 0.000201. The first-order valence-corrected chi connectivity index (χ1v) is 10.1. The van der Waals surface area contributed by atoms with Crippen molar-refractivity contribution in [3.05, 3.63) is 76.0 Å². The molecular weight excluding hydrogens is 374 g/mol. The summed E-state index contributed by atoms with van der Waals surface area (Å²) in [6.07, 6.45) is 4.23. The predicted molar refractivity (Wildman–Crippen MR) is 107 cm³/mol. The van der Waals surface area contributed by atoms with Crippen molar-refractivity contribution in [2.45, 2.75) is 24.7 Å². The zero-order valence-corrected chi connectivity index (χ0v) is 16.4. The van der Waals surface area contributed by atoms with Crippen LogP contribution in [0.4, 0.5) is 0 Å². The minimum absolute atomic E-state index is 0.000201. The molecule has 7 nitrogen and oxygen atoms in total. The van der Waals surface area contributed by atoms with E-state index < -0.39 is 0 Å². The lowest BCUT2D eigenvalue weighted by atomic mass is 10.0. The van der Waals surface area contributed by atoms with Crippen molar-refractivity contribution in [2.24, 2.45) is 7.05 Å². The minimum Gasteiger partial charge on any atom is -0.337 e. The predicted octanol–water partition coefficient (Wildman–Crippen LogP) is 1.70. The first-order valence-electron chi connectivity index (χ1n) is 9.11. The van der Waals surface area contributed by atoms with Gasteiger partial charge in [-0.25, -0.2) is 0 Å². The molecule has 144 valence electrons. The van der Waals surface area contributed by atoms with Crippen molar-refractivity contribution in [1.82, 2.24) is 24.2 Å². The maximum Gasteiger partial charge on any atom is 0.251 e. The molecule has 0 saturated carbocycles. The Hall–Kier alpha value is -2.87. The molecule has 3 heterocycles. The van der Waals surface area contributed by atoms with Gasteiger partial charge in [0.15, 0.2) is 5.16 Å². The number of nitrogens with zero attached hydrogens (tertiary/aromatic N) is 5. The molecule has 0 fully saturated rings. The molecule has 1 aliphatic heterocycles. The summed E-state index contributed by atoms with van der Waals surface area (Å²) in [5.41, 5.74) is 3.16. The molecule has 1 aliphatic rings. The first-order chi connectivity index (χ1) is 13.6. The zero-order valence-electron chi connectivity index (χ0n) is 15.6. The van der Waals surface area contributed by atoms with Crippen molar-refractivity contribution in [3.8, 4) is 0 Å². The molecule has 0 aliphatic carbocycles. The van der Waals surface area contributed by atoms with Gasteiger partial charge in [0.2, 0.25) is 5.91 Å². The Labute approximate surface area is 167 Å². The van der Waals surface area contributed by atoms with Crippen LogP contribution in [0, 0.1) is 0 Å². The van der Waals surface area contributed by atoms with Crippen molar-refractivity contribution in [3.63, 3.8) is 0 Å². The molecule has 0 saturated heterocycles. The van der Waals surface area contributed by atoms with Gasteiger partial charge in [-0.2, -0.15) is 0 Å². The highest BCUT2D eigenvalue weighted by Gasteiger charge is 2.22. The van der Waals surface area contributed by atoms with E-state index in [-0.39, 0.29) is 11.5 Å². The smallest absolute Gasteiger partial charge is 0.251 e. The fraction of sp³-hybridized carbons (Fsp3) is 0.300. The van der Waals surface area contributed by atoms with E-state index in [2.05, 4.69) is 10.2 Å². The third kappa shape index (κ3) is 4.01. The van der Waals surface area contributed by atoms with Gasteiger partial charge in [0, 0.05) is 32.4 Å². The number of amides is 1. The molecule has 4 rings (SSSR count). The van der Waals surface area contributed by atoms with Gasteiger partial charge in [0.25, 0.3) is 5.56 Å². The van der Waals surface area contributed by atoms with E-state index in [1.165, 1.54) is 11.8 Å². The van der Waals surface area contributed by atoms with E-state index in [1.807, 2.05) is 48.5 Å². The number of rotatable bonds is 5. The van der Waals surface area contributed by atoms with Crippen molar-refractivity contribution < 1.29 is 4.79 Å². The van der Waals surface area contributed by atoms with Crippen LogP contribution in [0.3, 0.4) is 0 Å². The summed E-state index contributed by atoms with van der Waals surface area (Å²) in [7, 11) is 1.86. The molecule has 1 aromatic carbocycles.